The average Bonchev–Trinajstić information content (AvgIpc) is 2.31. The largest absolute Gasteiger partial charge is 0.396 e. The molecule has 0 aliphatic carbocycles. The normalized spacial score (nSPS) is 12.0. The number of urea groups is 1. The highest BCUT2D eigenvalue weighted by Gasteiger charge is 2.08. The van der Waals surface area contributed by atoms with E-state index < -0.39 is 0 Å². The fourth-order valence-corrected chi connectivity index (χ4v) is 1.58. The molecule has 0 radical (unpaired) electrons. The summed E-state index contributed by atoms with van der Waals surface area (Å²) < 4.78 is 13.0. The first-order chi connectivity index (χ1) is 8.52. The monoisotopic (exact) mass is 254 g/mol. The van der Waals surface area contributed by atoms with Gasteiger partial charge in [-0.05, 0) is 44.4 Å². The summed E-state index contributed by atoms with van der Waals surface area (Å²) in [6, 6.07) is 3.84. The Hall–Kier alpha value is -1.62. The predicted molar refractivity (Wildman–Crippen MR) is 69.1 cm³/mol. The van der Waals surface area contributed by atoms with Crippen LogP contribution in [0.3, 0.4) is 0 Å². The lowest BCUT2D eigenvalue weighted by Gasteiger charge is -2.15. The van der Waals surface area contributed by atoms with E-state index in [2.05, 4.69) is 10.6 Å². The summed E-state index contributed by atoms with van der Waals surface area (Å²) in [5.41, 5.74) is 1.26. The Morgan fingerprint density at radius 1 is 1.50 bits per heavy atom. The smallest absolute Gasteiger partial charge is 0.319 e. The minimum absolute atomic E-state index is 0.0361. The third-order valence-electron chi connectivity index (χ3n) is 2.62. The number of carbonyl (C=O) groups excluding carboxylic acids is 1. The van der Waals surface area contributed by atoms with E-state index in [9.17, 15) is 9.18 Å². The lowest BCUT2D eigenvalue weighted by molar-refractivity contribution is 0.245. The molecule has 1 aromatic carbocycles. The second-order valence-corrected chi connectivity index (χ2v) is 4.32. The first-order valence-electron chi connectivity index (χ1n) is 5.97. The van der Waals surface area contributed by atoms with Gasteiger partial charge in [-0.15, -0.1) is 0 Å². The maximum atomic E-state index is 13.0. The molecule has 2 amide bonds. The van der Waals surface area contributed by atoms with Crippen molar-refractivity contribution in [2.75, 3.05) is 11.9 Å². The second kappa shape index (κ2) is 6.96. The number of aliphatic hydroxyl groups excluding tert-OH is 1. The van der Waals surface area contributed by atoms with Gasteiger partial charge in [0.05, 0.1) is 0 Å². The topological polar surface area (TPSA) is 61.4 Å². The molecule has 0 spiro atoms. The zero-order valence-electron chi connectivity index (χ0n) is 10.7. The van der Waals surface area contributed by atoms with Gasteiger partial charge in [-0.2, -0.15) is 0 Å². The van der Waals surface area contributed by atoms with Crippen molar-refractivity contribution < 1.29 is 14.3 Å². The molecule has 3 N–H and O–H groups in total. The SMILES string of the molecule is Cc1ccc(F)cc1NC(=O)NC(C)CCCO. The van der Waals surface area contributed by atoms with E-state index >= 15 is 0 Å². The Morgan fingerprint density at radius 2 is 2.22 bits per heavy atom. The van der Waals surface area contributed by atoms with Crippen LogP contribution in [0.5, 0.6) is 0 Å². The maximum absolute atomic E-state index is 13.0. The van der Waals surface area contributed by atoms with Crippen molar-refractivity contribution in [1.29, 1.82) is 0 Å². The number of benzene rings is 1. The molecule has 5 heteroatoms. The molecule has 4 nitrogen and oxygen atoms in total. The van der Waals surface area contributed by atoms with Crippen molar-refractivity contribution in [3.63, 3.8) is 0 Å². The number of aliphatic hydroxyl groups is 1. The van der Waals surface area contributed by atoms with Crippen molar-refractivity contribution in [2.24, 2.45) is 0 Å². The Morgan fingerprint density at radius 3 is 2.89 bits per heavy atom. The molecule has 0 aliphatic rings. The van der Waals surface area contributed by atoms with Gasteiger partial charge in [0.25, 0.3) is 0 Å². The van der Waals surface area contributed by atoms with Crippen LogP contribution >= 0.6 is 0 Å². The van der Waals surface area contributed by atoms with Crippen molar-refractivity contribution in [3.8, 4) is 0 Å². The maximum Gasteiger partial charge on any atom is 0.319 e. The van der Waals surface area contributed by atoms with E-state index in [1.807, 2.05) is 6.92 Å². The molecule has 0 bridgehead atoms. The summed E-state index contributed by atoms with van der Waals surface area (Å²) >= 11 is 0. The van der Waals surface area contributed by atoms with Gasteiger partial charge in [0.1, 0.15) is 5.82 Å². The lowest BCUT2D eigenvalue weighted by atomic mass is 10.2. The fourth-order valence-electron chi connectivity index (χ4n) is 1.58. The third kappa shape index (κ3) is 4.71. The Balaban J connectivity index is 2.51. The molecule has 0 saturated heterocycles. The molecule has 1 atom stereocenters. The van der Waals surface area contributed by atoms with Crippen LogP contribution in [0.15, 0.2) is 18.2 Å². The van der Waals surface area contributed by atoms with Crippen LogP contribution < -0.4 is 10.6 Å². The summed E-state index contributed by atoms with van der Waals surface area (Å²) in [4.78, 5) is 11.6. The number of rotatable bonds is 5. The van der Waals surface area contributed by atoms with Crippen LogP contribution in [0.1, 0.15) is 25.3 Å². The van der Waals surface area contributed by atoms with Crippen molar-refractivity contribution in [1.82, 2.24) is 5.32 Å². The number of aryl methyl sites for hydroxylation is 1. The van der Waals surface area contributed by atoms with Crippen LogP contribution in [-0.2, 0) is 0 Å². The summed E-state index contributed by atoms with van der Waals surface area (Å²) in [6.45, 7) is 3.76. The molecule has 1 aromatic rings. The second-order valence-electron chi connectivity index (χ2n) is 4.32. The van der Waals surface area contributed by atoms with Gasteiger partial charge in [0, 0.05) is 18.3 Å². The number of amides is 2. The first kappa shape index (κ1) is 14.4. The van der Waals surface area contributed by atoms with Crippen LogP contribution in [0.25, 0.3) is 0 Å². The van der Waals surface area contributed by atoms with Gasteiger partial charge in [-0.1, -0.05) is 6.07 Å². The van der Waals surface area contributed by atoms with E-state index in [0.717, 1.165) is 5.56 Å². The molecule has 18 heavy (non-hydrogen) atoms. The van der Waals surface area contributed by atoms with Gasteiger partial charge in [-0.3, -0.25) is 0 Å². The number of nitrogens with one attached hydrogen (secondary N) is 2. The molecule has 1 unspecified atom stereocenters. The zero-order chi connectivity index (χ0) is 13.5. The van der Waals surface area contributed by atoms with Gasteiger partial charge in [-0.25, -0.2) is 9.18 Å². The van der Waals surface area contributed by atoms with Crippen molar-refractivity contribution in [3.05, 3.63) is 29.6 Å². The molecule has 100 valence electrons. The number of anilines is 1. The first-order valence-corrected chi connectivity index (χ1v) is 5.97. The Bertz CT molecular complexity index is 410. The van der Waals surface area contributed by atoms with E-state index in [1.54, 1.807) is 13.0 Å². The van der Waals surface area contributed by atoms with Crippen molar-refractivity contribution >= 4 is 11.7 Å². The summed E-state index contributed by atoms with van der Waals surface area (Å²) in [7, 11) is 0. The fraction of sp³-hybridized carbons (Fsp3) is 0.462. The van der Waals surface area contributed by atoms with E-state index in [4.69, 9.17) is 5.11 Å². The summed E-state index contributed by atoms with van der Waals surface area (Å²) in [5.74, 6) is -0.385. The minimum atomic E-state index is -0.385. The Kier molecular flexibility index (Phi) is 5.58. The van der Waals surface area contributed by atoms with Crippen molar-refractivity contribution in [2.45, 2.75) is 32.7 Å². The quantitative estimate of drug-likeness (QED) is 0.755. The number of hydrogen-bond acceptors (Lipinski definition) is 2. The van der Waals surface area contributed by atoms with Crippen LogP contribution in [-0.4, -0.2) is 23.8 Å². The highest BCUT2D eigenvalue weighted by molar-refractivity contribution is 5.90. The summed E-state index contributed by atoms with van der Waals surface area (Å²) in [6.07, 6.45) is 1.34. The number of carbonyl (C=O) groups is 1. The van der Waals surface area contributed by atoms with Gasteiger partial charge in [0.15, 0.2) is 0 Å². The summed E-state index contributed by atoms with van der Waals surface area (Å²) in [5, 5.41) is 14.0. The molecule has 0 aromatic heterocycles. The molecular weight excluding hydrogens is 235 g/mol. The van der Waals surface area contributed by atoms with E-state index in [0.29, 0.717) is 18.5 Å². The van der Waals surface area contributed by atoms with Crippen LogP contribution in [0.2, 0.25) is 0 Å². The highest BCUT2D eigenvalue weighted by atomic mass is 19.1. The third-order valence-corrected chi connectivity index (χ3v) is 2.62. The molecule has 0 heterocycles. The Labute approximate surface area is 106 Å². The molecule has 1 rings (SSSR count). The standard InChI is InChI=1S/C13H19FN2O2/c1-9-5-6-11(14)8-12(9)16-13(18)15-10(2)4-3-7-17/h5-6,8,10,17H,3-4,7H2,1-2H3,(H2,15,16,18). The number of halogens is 1. The van der Waals surface area contributed by atoms with Gasteiger partial charge < -0.3 is 15.7 Å². The molecule has 0 saturated carbocycles. The number of hydrogen-bond donors (Lipinski definition) is 3. The molecular formula is C13H19FN2O2. The van der Waals surface area contributed by atoms with Gasteiger partial charge >= 0.3 is 6.03 Å². The van der Waals surface area contributed by atoms with E-state index in [-0.39, 0.29) is 24.5 Å². The van der Waals surface area contributed by atoms with Crippen LogP contribution in [0.4, 0.5) is 14.9 Å². The highest BCUT2D eigenvalue weighted by Crippen LogP contribution is 2.15. The zero-order valence-corrected chi connectivity index (χ0v) is 10.7. The lowest BCUT2D eigenvalue weighted by Crippen LogP contribution is -2.36. The van der Waals surface area contributed by atoms with Crippen LogP contribution in [0, 0.1) is 12.7 Å². The minimum Gasteiger partial charge on any atom is -0.396 e. The molecule has 0 aliphatic heterocycles. The van der Waals surface area contributed by atoms with E-state index in [1.165, 1.54) is 12.1 Å². The average molecular weight is 254 g/mol. The predicted octanol–water partition coefficient (Wildman–Crippen LogP) is 2.42. The van der Waals surface area contributed by atoms with Gasteiger partial charge in [0.2, 0.25) is 0 Å². The molecule has 0 fully saturated rings.